The van der Waals surface area contributed by atoms with E-state index in [1.165, 1.54) is 40.6 Å². The van der Waals surface area contributed by atoms with E-state index in [2.05, 4.69) is 30.5 Å². The smallest absolute Gasteiger partial charge is 0.0518 e. The molecule has 0 aliphatic carbocycles. The van der Waals surface area contributed by atoms with E-state index >= 15 is 0 Å². The van der Waals surface area contributed by atoms with Gasteiger partial charge in [-0.05, 0) is 49.9 Å². The van der Waals surface area contributed by atoms with Gasteiger partial charge < -0.3 is 4.57 Å². The van der Waals surface area contributed by atoms with Gasteiger partial charge in [0, 0.05) is 22.6 Å². The van der Waals surface area contributed by atoms with Crippen LogP contribution in [0.25, 0.3) is 10.9 Å². The van der Waals surface area contributed by atoms with Crippen molar-refractivity contribution in [2.45, 2.75) is 33.2 Å². The fraction of sp³-hybridized carbons (Fsp3) is 0.385. The van der Waals surface area contributed by atoms with E-state index in [1.54, 1.807) is 0 Å². The summed E-state index contributed by atoms with van der Waals surface area (Å²) in [7, 11) is 0. The Morgan fingerprint density at radius 3 is 2.87 bits per heavy atom. The van der Waals surface area contributed by atoms with Crippen molar-refractivity contribution in [1.82, 2.24) is 4.57 Å². The maximum Gasteiger partial charge on any atom is 0.0518 e. The third-order valence-corrected chi connectivity index (χ3v) is 3.82. The lowest BCUT2D eigenvalue weighted by molar-refractivity contribution is 0.622. The molecular formula is C13H14ClN. The fourth-order valence-electron chi connectivity index (χ4n) is 2.72. The molecule has 2 aromatic rings. The van der Waals surface area contributed by atoms with Gasteiger partial charge in [-0.25, -0.2) is 0 Å². The van der Waals surface area contributed by atoms with Gasteiger partial charge >= 0.3 is 0 Å². The van der Waals surface area contributed by atoms with Crippen molar-refractivity contribution >= 4 is 22.5 Å². The molecular weight excluding hydrogens is 206 g/mol. The minimum atomic E-state index is 0.875. The lowest BCUT2D eigenvalue weighted by Gasteiger charge is -2.17. The van der Waals surface area contributed by atoms with Crippen molar-refractivity contribution in [3.63, 3.8) is 0 Å². The second-order valence-electron chi connectivity index (χ2n) is 4.43. The molecule has 1 aromatic heterocycles. The van der Waals surface area contributed by atoms with Crippen LogP contribution in [0.5, 0.6) is 0 Å². The second kappa shape index (κ2) is 3.02. The third kappa shape index (κ3) is 1.16. The Morgan fingerprint density at radius 2 is 2.07 bits per heavy atom. The van der Waals surface area contributed by atoms with E-state index in [9.17, 15) is 0 Å². The first-order valence-corrected chi connectivity index (χ1v) is 5.84. The molecule has 0 spiro atoms. The molecule has 1 aliphatic heterocycles. The van der Waals surface area contributed by atoms with Gasteiger partial charge in [0.25, 0.3) is 0 Å². The standard InChI is InChI=1S/C13H14ClN/c1-8-9(2)15-5-3-4-10-6-11(14)7-12(8)13(10)15/h6-7H,3-5H2,1-2H3. The topological polar surface area (TPSA) is 4.93 Å². The number of hydrogen-bond acceptors (Lipinski definition) is 0. The van der Waals surface area contributed by atoms with E-state index in [4.69, 9.17) is 11.6 Å². The highest BCUT2D eigenvalue weighted by molar-refractivity contribution is 6.31. The Kier molecular flexibility index (Phi) is 1.87. The molecule has 1 nitrogen and oxygen atoms in total. The first kappa shape index (κ1) is 9.29. The molecule has 2 heteroatoms. The van der Waals surface area contributed by atoms with E-state index in [0.29, 0.717) is 0 Å². The van der Waals surface area contributed by atoms with Crippen molar-refractivity contribution in [2.24, 2.45) is 0 Å². The summed E-state index contributed by atoms with van der Waals surface area (Å²) in [6.07, 6.45) is 2.40. The zero-order valence-electron chi connectivity index (χ0n) is 9.10. The predicted octanol–water partition coefficient (Wildman–Crippen LogP) is 3.86. The molecule has 3 rings (SSSR count). The molecule has 2 heterocycles. The first-order chi connectivity index (χ1) is 7.18. The van der Waals surface area contributed by atoms with Gasteiger partial charge in [-0.2, -0.15) is 0 Å². The van der Waals surface area contributed by atoms with Crippen LogP contribution in [-0.2, 0) is 13.0 Å². The summed E-state index contributed by atoms with van der Waals surface area (Å²) in [5, 5.41) is 2.22. The monoisotopic (exact) mass is 219 g/mol. The number of rotatable bonds is 0. The van der Waals surface area contributed by atoms with Gasteiger partial charge in [0.2, 0.25) is 0 Å². The number of benzene rings is 1. The maximum absolute atomic E-state index is 6.15. The van der Waals surface area contributed by atoms with Crippen LogP contribution >= 0.6 is 11.6 Å². The number of nitrogens with zero attached hydrogens (tertiary/aromatic N) is 1. The third-order valence-electron chi connectivity index (χ3n) is 3.60. The number of halogens is 1. The highest BCUT2D eigenvalue weighted by Gasteiger charge is 2.18. The van der Waals surface area contributed by atoms with Crippen LogP contribution in [0.4, 0.5) is 0 Å². The molecule has 1 aliphatic rings. The molecule has 0 fully saturated rings. The number of aryl methyl sites for hydroxylation is 3. The molecule has 0 radical (unpaired) electrons. The summed E-state index contributed by atoms with van der Waals surface area (Å²) in [4.78, 5) is 0. The summed E-state index contributed by atoms with van der Waals surface area (Å²) >= 11 is 6.15. The Bertz CT molecular complexity index is 551. The van der Waals surface area contributed by atoms with Crippen LogP contribution < -0.4 is 0 Å². The van der Waals surface area contributed by atoms with Crippen molar-refractivity contribution in [3.05, 3.63) is 34.0 Å². The van der Waals surface area contributed by atoms with E-state index < -0.39 is 0 Å². The molecule has 0 saturated heterocycles. The maximum atomic E-state index is 6.15. The van der Waals surface area contributed by atoms with Crippen molar-refractivity contribution in [3.8, 4) is 0 Å². The molecule has 1 aromatic carbocycles. The van der Waals surface area contributed by atoms with E-state index in [1.807, 2.05) is 0 Å². The SMILES string of the molecule is Cc1c(C)n2c3c(cc(Cl)cc13)CCC2. The summed E-state index contributed by atoms with van der Waals surface area (Å²) in [5.74, 6) is 0. The lowest BCUT2D eigenvalue weighted by Crippen LogP contribution is -2.08. The van der Waals surface area contributed by atoms with Gasteiger partial charge in [0.1, 0.15) is 0 Å². The highest BCUT2D eigenvalue weighted by Crippen LogP contribution is 2.34. The van der Waals surface area contributed by atoms with Crippen LogP contribution in [0.2, 0.25) is 5.02 Å². The molecule has 0 atom stereocenters. The Balaban J connectivity index is 2.53. The quantitative estimate of drug-likeness (QED) is 0.634. The van der Waals surface area contributed by atoms with E-state index in [0.717, 1.165) is 11.6 Å². The largest absolute Gasteiger partial charge is 0.344 e. The predicted molar refractivity (Wildman–Crippen MR) is 64.7 cm³/mol. The van der Waals surface area contributed by atoms with Crippen molar-refractivity contribution < 1.29 is 0 Å². The fourth-order valence-corrected chi connectivity index (χ4v) is 2.96. The summed E-state index contributed by atoms with van der Waals surface area (Å²) in [5.41, 5.74) is 5.62. The summed E-state index contributed by atoms with van der Waals surface area (Å²) < 4.78 is 2.44. The van der Waals surface area contributed by atoms with Crippen LogP contribution in [-0.4, -0.2) is 4.57 Å². The van der Waals surface area contributed by atoms with Gasteiger partial charge in [0.15, 0.2) is 0 Å². The average Bonchev–Trinajstić information content (AvgIpc) is 2.46. The number of aromatic nitrogens is 1. The molecule has 0 amide bonds. The Labute approximate surface area is 94.7 Å². The molecule has 0 N–H and O–H groups in total. The van der Waals surface area contributed by atoms with Crippen LogP contribution in [0.3, 0.4) is 0 Å². The normalized spacial score (nSPS) is 14.9. The van der Waals surface area contributed by atoms with E-state index in [-0.39, 0.29) is 0 Å². The first-order valence-electron chi connectivity index (χ1n) is 5.46. The van der Waals surface area contributed by atoms with Gasteiger partial charge in [-0.3, -0.25) is 0 Å². The average molecular weight is 220 g/mol. The van der Waals surface area contributed by atoms with Gasteiger partial charge in [-0.15, -0.1) is 0 Å². The number of hydrogen-bond donors (Lipinski definition) is 0. The molecule has 15 heavy (non-hydrogen) atoms. The minimum absolute atomic E-state index is 0.875. The zero-order chi connectivity index (χ0) is 10.6. The molecule has 78 valence electrons. The molecule has 0 unspecified atom stereocenters. The highest BCUT2D eigenvalue weighted by atomic mass is 35.5. The van der Waals surface area contributed by atoms with Gasteiger partial charge in [-0.1, -0.05) is 11.6 Å². The van der Waals surface area contributed by atoms with Crippen LogP contribution in [0.15, 0.2) is 12.1 Å². The summed E-state index contributed by atoms with van der Waals surface area (Å²) in [6, 6.07) is 4.23. The van der Waals surface area contributed by atoms with Crippen molar-refractivity contribution in [1.29, 1.82) is 0 Å². The van der Waals surface area contributed by atoms with Crippen molar-refractivity contribution in [2.75, 3.05) is 0 Å². The minimum Gasteiger partial charge on any atom is -0.344 e. The molecule has 0 bridgehead atoms. The lowest BCUT2D eigenvalue weighted by atomic mass is 10.0. The molecule has 0 saturated carbocycles. The Hall–Kier alpha value is -0.950. The second-order valence-corrected chi connectivity index (χ2v) is 4.86. The Morgan fingerprint density at radius 1 is 1.27 bits per heavy atom. The van der Waals surface area contributed by atoms with Crippen LogP contribution in [0.1, 0.15) is 23.2 Å². The summed E-state index contributed by atoms with van der Waals surface area (Å²) in [6.45, 7) is 5.56. The zero-order valence-corrected chi connectivity index (χ0v) is 9.86. The van der Waals surface area contributed by atoms with Gasteiger partial charge in [0.05, 0.1) is 5.52 Å². The van der Waals surface area contributed by atoms with Crippen LogP contribution in [0, 0.1) is 13.8 Å².